The Morgan fingerprint density at radius 2 is 1.88 bits per heavy atom. The van der Waals surface area contributed by atoms with E-state index in [1.807, 2.05) is 31.2 Å². The normalized spacial score (nSPS) is 12.7. The summed E-state index contributed by atoms with van der Waals surface area (Å²) in [6.07, 6.45) is -1.06. The third-order valence-corrected chi connectivity index (χ3v) is 4.89. The van der Waals surface area contributed by atoms with E-state index < -0.39 is 12.4 Å². The van der Waals surface area contributed by atoms with Crippen molar-refractivity contribution < 1.29 is 22.6 Å². The average Bonchev–Trinajstić information content (AvgIpc) is 3.12. The summed E-state index contributed by atoms with van der Waals surface area (Å²) in [5.74, 6) is 0.279. The lowest BCUT2D eigenvalue weighted by molar-refractivity contribution is -0.274. The number of nitrogens with two attached hydrogens (primary N) is 1. The van der Waals surface area contributed by atoms with Crippen molar-refractivity contribution in [1.82, 2.24) is 15.2 Å². The van der Waals surface area contributed by atoms with Crippen LogP contribution in [0.3, 0.4) is 0 Å². The minimum Gasteiger partial charge on any atom is -0.490 e. The Morgan fingerprint density at radius 1 is 1.03 bits per heavy atom. The molecule has 32 heavy (non-hydrogen) atoms. The number of aryl methyl sites for hydroxylation is 1. The van der Waals surface area contributed by atoms with Crippen molar-refractivity contribution >= 4 is 10.9 Å². The van der Waals surface area contributed by atoms with Crippen LogP contribution in [0.1, 0.15) is 11.3 Å². The van der Waals surface area contributed by atoms with Gasteiger partial charge in [-0.05, 0) is 54.8 Å². The number of hydrogen-bond donors (Lipinski definition) is 2. The summed E-state index contributed by atoms with van der Waals surface area (Å²) in [6, 6.07) is 13.1. The molecule has 4 rings (SSSR count). The predicted octanol–water partition coefficient (Wildman–Crippen LogP) is 4.78. The molecule has 0 aliphatic heterocycles. The molecule has 2 aromatic heterocycles. The number of benzene rings is 2. The molecule has 4 aromatic rings. The Labute approximate surface area is 182 Å². The molecule has 166 valence electrons. The minimum atomic E-state index is -4.73. The van der Waals surface area contributed by atoms with Gasteiger partial charge in [-0.15, -0.1) is 13.2 Å². The van der Waals surface area contributed by atoms with E-state index >= 15 is 0 Å². The van der Waals surface area contributed by atoms with E-state index in [2.05, 4.69) is 19.9 Å². The van der Waals surface area contributed by atoms with E-state index in [1.54, 1.807) is 18.5 Å². The van der Waals surface area contributed by atoms with Crippen molar-refractivity contribution in [3.05, 3.63) is 72.2 Å². The Hall–Kier alpha value is -3.59. The van der Waals surface area contributed by atoms with Gasteiger partial charge in [-0.2, -0.15) is 5.10 Å². The largest absolute Gasteiger partial charge is 0.573 e. The lowest BCUT2D eigenvalue weighted by atomic mass is 10.0. The first-order valence-electron chi connectivity index (χ1n) is 9.90. The van der Waals surface area contributed by atoms with E-state index in [1.165, 1.54) is 18.2 Å². The van der Waals surface area contributed by atoms with Gasteiger partial charge in [-0.1, -0.05) is 18.2 Å². The summed E-state index contributed by atoms with van der Waals surface area (Å²) in [5, 5.41) is 8.23. The third kappa shape index (κ3) is 5.36. The van der Waals surface area contributed by atoms with Gasteiger partial charge in [0.1, 0.15) is 18.1 Å². The summed E-state index contributed by atoms with van der Waals surface area (Å²) in [6.45, 7) is 2.14. The zero-order chi connectivity index (χ0) is 22.7. The number of ether oxygens (including phenoxy) is 2. The van der Waals surface area contributed by atoms with Crippen LogP contribution in [-0.2, 0) is 6.42 Å². The summed E-state index contributed by atoms with van der Waals surface area (Å²) < 4.78 is 46.9. The number of nitrogens with zero attached hydrogens (tertiary/aromatic N) is 2. The highest BCUT2D eigenvalue weighted by Crippen LogP contribution is 2.27. The molecule has 2 heterocycles. The van der Waals surface area contributed by atoms with Gasteiger partial charge < -0.3 is 15.2 Å². The van der Waals surface area contributed by atoms with Crippen LogP contribution in [0.15, 0.2) is 60.9 Å². The average molecular weight is 442 g/mol. The molecule has 0 aliphatic rings. The third-order valence-electron chi connectivity index (χ3n) is 4.89. The van der Waals surface area contributed by atoms with E-state index in [0.717, 1.165) is 27.7 Å². The van der Waals surface area contributed by atoms with Crippen LogP contribution in [0.4, 0.5) is 13.2 Å². The first-order valence-corrected chi connectivity index (χ1v) is 9.90. The number of nitrogens with one attached hydrogen (secondary N) is 1. The summed E-state index contributed by atoms with van der Waals surface area (Å²) in [4.78, 5) is 4.25. The maximum Gasteiger partial charge on any atom is 0.573 e. The Balaban J connectivity index is 1.40. The molecule has 3 N–H and O–H groups in total. The standard InChI is InChI=1S/C23H21F3N4O2/c1-14-21-10-16(5-6-22(21)30-29-14)17-9-20(12-28-11-17)31-13-18(27)7-15-3-2-4-19(8-15)32-23(24,25)26/h2-6,8-12,18H,7,13,27H2,1H3,(H,29,30)/t18-/m0/s1. The van der Waals surface area contributed by atoms with Crippen LogP contribution in [0, 0.1) is 6.92 Å². The van der Waals surface area contributed by atoms with Crippen molar-refractivity contribution in [2.75, 3.05) is 6.61 Å². The van der Waals surface area contributed by atoms with Crippen LogP contribution in [0.25, 0.3) is 22.0 Å². The van der Waals surface area contributed by atoms with Crippen LogP contribution in [-0.4, -0.2) is 34.2 Å². The van der Waals surface area contributed by atoms with Crippen molar-refractivity contribution in [1.29, 1.82) is 0 Å². The van der Waals surface area contributed by atoms with Gasteiger partial charge in [0, 0.05) is 28.9 Å². The van der Waals surface area contributed by atoms with Gasteiger partial charge in [0.2, 0.25) is 0 Å². The second-order valence-corrected chi connectivity index (χ2v) is 7.46. The van der Waals surface area contributed by atoms with Crippen molar-refractivity contribution in [3.63, 3.8) is 0 Å². The van der Waals surface area contributed by atoms with E-state index in [4.69, 9.17) is 10.5 Å². The molecule has 0 spiro atoms. The second kappa shape index (κ2) is 8.88. The zero-order valence-electron chi connectivity index (χ0n) is 17.2. The van der Waals surface area contributed by atoms with E-state index in [-0.39, 0.29) is 12.4 Å². The summed E-state index contributed by atoms with van der Waals surface area (Å²) in [5.41, 5.74) is 10.5. The van der Waals surface area contributed by atoms with Gasteiger partial charge in [-0.3, -0.25) is 10.1 Å². The molecule has 1 atom stereocenters. The molecule has 9 heteroatoms. The molecule has 0 radical (unpaired) electrons. The zero-order valence-corrected chi connectivity index (χ0v) is 17.2. The number of halogens is 3. The number of hydrogen-bond acceptors (Lipinski definition) is 5. The number of aromatic amines is 1. The maximum atomic E-state index is 12.4. The number of H-pyrrole nitrogens is 1. The lowest BCUT2D eigenvalue weighted by Gasteiger charge is -2.15. The fourth-order valence-corrected chi connectivity index (χ4v) is 3.41. The van der Waals surface area contributed by atoms with Crippen molar-refractivity contribution in [2.24, 2.45) is 5.73 Å². The molecule has 0 bridgehead atoms. The molecule has 0 saturated heterocycles. The quantitative estimate of drug-likeness (QED) is 0.430. The van der Waals surface area contributed by atoms with E-state index in [0.29, 0.717) is 17.7 Å². The smallest absolute Gasteiger partial charge is 0.490 e. The number of rotatable bonds is 7. The van der Waals surface area contributed by atoms with Gasteiger partial charge in [0.15, 0.2) is 0 Å². The van der Waals surface area contributed by atoms with Crippen LogP contribution < -0.4 is 15.2 Å². The predicted molar refractivity (Wildman–Crippen MR) is 114 cm³/mol. The Kier molecular flexibility index (Phi) is 6.00. The Morgan fingerprint density at radius 3 is 2.69 bits per heavy atom. The number of aromatic nitrogens is 3. The van der Waals surface area contributed by atoms with Crippen molar-refractivity contribution in [3.8, 4) is 22.6 Å². The Bertz CT molecular complexity index is 1220. The topological polar surface area (TPSA) is 86.0 Å². The number of alkyl halides is 3. The van der Waals surface area contributed by atoms with Crippen LogP contribution >= 0.6 is 0 Å². The fraction of sp³-hybridized carbons (Fsp3) is 0.217. The molecule has 0 unspecified atom stereocenters. The number of pyridine rings is 1. The number of fused-ring (bicyclic) bond motifs is 1. The van der Waals surface area contributed by atoms with Crippen molar-refractivity contribution in [2.45, 2.75) is 25.7 Å². The molecule has 2 aromatic carbocycles. The van der Waals surface area contributed by atoms with Crippen LogP contribution in [0.5, 0.6) is 11.5 Å². The van der Waals surface area contributed by atoms with Gasteiger partial charge in [0.25, 0.3) is 0 Å². The second-order valence-electron chi connectivity index (χ2n) is 7.46. The maximum absolute atomic E-state index is 12.4. The van der Waals surface area contributed by atoms with Gasteiger partial charge >= 0.3 is 6.36 Å². The molecule has 0 amide bonds. The monoisotopic (exact) mass is 442 g/mol. The first-order chi connectivity index (χ1) is 15.3. The minimum absolute atomic E-state index is 0.176. The van der Waals surface area contributed by atoms with Gasteiger partial charge in [0.05, 0.1) is 11.7 Å². The molecular formula is C23H21F3N4O2. The lowest BCUT2D eigenvalue weighted by Crippen LogP contribution is -2.30. The van der Waals surface area contributed by atoms with E-state index in [9.17, 15) is 13.2 Å². The fourth-order valence-electron chi connectivity index (χ4n) is 3.41. The molecule has 0 fully saturated rings. The SMILES string of the molecule is Cc1[nH]nc2ccc(-c3cncc(OC[C@@H](N)Cc4cccc(OC(F)(F)F)c4)c3)cc12. The molecular weight excluding hydrogens is 421 g/mol. The summed E-state index contributed by atoms with van der Waals surface area (Å²) >= 11 is 0. The highest BCUT2D eigenvalue weighted by atomic mass is 19.4. The first kappa shape index (κ1) is 21.6. The molecule has 0 aliphatic carbocycles. The summed E-state index contributed by atoms with van der Waals surface area (Å²) in [7, 11) is 0. The molecule has 0 saturated carbocycles. The van der Waals surface area contributed by atoms with Gasteiger partial charge in [-0.25, -0.2) is 0 Å². The highest BCUT2D eigenvalue weighted by molar-refractivity contribution is 5.86. The highest BCUT2D eigenvalue weighted by Gasteiger charge is 2.31. The molecule has 6 nitrogen and oxygen atoms in total. The van der Waals surface area contributed by atoms with Crippen LogP contribution in [0.2, 0.25) is 0 Å².